The summed E-state index contributed by atoms with van der Waals surface area (Å²) in [6.45, 7) is 6.77. The second kappa shape index (κ2) is 7.75. The Morgan fingerprint density at radius 3 is 2.75 bits per heavy atom. The van der Waals surface area contributed by atoms with Crippen molar-refractivity contribution in [3.05, 3.63) is 0 Å². The molecule has 0 aromatic heterocycles. The fourth-order valence-corrected chi connectivity index (χ4v) is 2.22. The Kier molecular flexibility index (Phi) is 6.64. The fourth-order valence-electron chi connectivity index (χ4n) is 1.92. The van der Waals surface area contributed by atoms with E-state index >= 15 is 0 Å². The van der Waals surface area contributed by atoms with Crippen molar-refractivity contribution in [2.75, 3.05) is 27.1 Å². The third-order valence-electron chi connectivity index (χ3n) is 2.78. The Morgan fingerprint density at radius 2 is 2.25 bits per heavy atom. The van der Waals surface area contributed by atoms with Gasteiger partial charge in [0.05, 0.1) is 17.6 Å². The smallest absolute Gasteiger partial charge is 0.407 e. The second-order valence-electron chi connectivity index (χ2n) is 5.80. The van der Waals surface area contributed by atoms with Crippen LogP contribution in [0.4, 0.5) is 4.79 Å². The van der Waals surface area contributed by atoms with Gasteiger partial charge in [0, 0.05) is 26.0 Å². The van der Waals surface area contributed by atoms with Crippen molar-refractivity contribution in [1.29, 1.82) is 0 Å². The first kappa shape index (κ1) is 17.1. The minimum Gasteiger partial charge on any atom is -0.444 e. The van der Waals surface area contributed by atoms with E-state index in [9.17, 15) is 4.79 Å². The summed E-state index contributed by atoms with van der Waals surface area (Å²) in [6, 6.07) is -0.159. The number of amides is 1. The Morgan fingerprint density at radius 1 is 1.55 bits per heavy atom. The minimum absolute atomic E-state index is 0.159. The molecule has 0 saturated carbocycles. The highest BCUT2D eigenvalue weighted by molar-refractivity contribution is 7.80. The first-order valence-electron chi connectivity index (χ1n) is 6.64. The molecule has 1 rings (SSSR count). The molecule has 116 valence electrons. The Labute approximate surface area is 125 Å². The molecule has 0 aromatic rings. The number of thiocarbonyl (C=S) groups is 1. The van der Waals surface area contributed by atoms with E-state index in [4.69, 9.17) is 26.4 Å². The molecule has 1 amide bonds. The summed E-state index contributed by atoms with van der Waals surface area (Å²) in [5.74, 6) is 0.201. The van der Waals surface area contributed by atoms with Crippen molar-refractivity contribution in [2.45, 2.75) is 38.8 Å². The molecule has 1 heterocycles. The van der Waals surface area contributed by atoms with E-state index in [1.165, 1.54) is 0 Å². The lowest BCUT2D eigenvalue weighted by molar-refractivity contribution is -0.0432. The lowest BCUT2D eigenvalue weighted by Crippen LogP contribution is -2.46. The van der Waals surface area contributed by atoms with Crippen molar-refractivity contribution in [3.8, 4) is 0 Å². The summed E-state index contributed by atoms with van der Waals surface area (Å²) >= 11 is 5.13. The van der Waals surface area contributed by atoms with Crippen molar-refractivity contribution in [3.63, 3.8) is 0 Å². The molecule has 1 saturated heterocycles. The molecule has 2 unspecified atom stereocenters. The van der Waals surface area contributed by atoms with Gasteiger partial charge in [-0.3, -0.25) is 0 Å². The molecule has 20 heavy (non-hydrogen) atoms. The summed E-state index contributed by atoms with van der Waals surface area (Å²) in [4.78, 5) is 12.7. The summed E-state index contributed by atoms with van der Waals surface area (Å²) < 4.78 is 15.5. The van der Waals surface area contributed by atoms with Crippen LogP contribution in [0.5, 0.6) is 0 Å². The Bertz CT molecular complexity index is 344. The molecule has 0 aliphatic carbocycles. The predicted molar refractivity (Wildman–Crippen MR) is 79.7 cm³/mol. The van der Waals surface area contributed by atoms with Crippen LogP contribution in [0.25, 0.3) is 0 Å². The zero-order valence-electron chi connectivity index (χ0n) is 12.5. The molecule has 0 bridgehead atoms. The van der Waals surface area contributed by atoms with Crippen molar-refractivity contribution < 1.29 is 19.0 Å². The number of methoxy groups -OCH3 is 1. The molecule has 0 aromatic carbocycles. The standard InChI is InChI=1S/C13H24N2O4S/c1-13(2,3)19-12(16)15-10(7-18-8-17-4)9-5-11(20)14-6-9/h9-10H,5-8H2,1-4H3,(H,14,20)(H,15,16). The fraction of sp³-hybridized carbons (Fsp3) is 0.846. The van der Waals surface area contributed by atoms with Crippen LogP contribution in [0.2, 0.25) is 0 Å². The zero-order valence-corrected chi connectivity index (χ0v) is 13.3. The van der Waals surface area contributed by atoms with E-state index in [-0.39, 0.29) is 18.8 Å². The molecule has 2 N–H and O–H groups in total. The lowest BCUT2D eigenvalue weighted by Gasteiger charge is -2.26. The van der Waals surface area contributed by atoms with Gasteiger partial charge >= 0.3 is 6.09 Å². The molecule has 1 aliphatic heterocycles. The predicted octanol–water partition coefficient (Wildman–Crippen LogP) is 1.44. The monoisotopic (exact) mass is 304 g/mol. The third-order valence-corrected chi connectivity index (χ3v) is 3.09. The van der Waals surface area contributed by atoms with Gasteiger partial charge in [0.2, 0.25) is 0 Å². The van der Waals surface area contributed by atoms with Gasteiger partial charge in [-0.1, -0.05) is 12.2 Å². The SMILES string of the molecule is COCOCC(NC(=O)OC(C)(C)C)C1CNC(=S)C1. The number of ether oxygens (including phenoxy) is 3. The van der Waals surface area contributed by atoms with E-state index in [2.05, 4.69) is 10.6 Å². The average molecular weight is 304 g/mol. The van der Waals surface area contributed by atoms with E-state index in [0.717, 1.165) is 18.0 Å². The van der Waals surface area contributed by atoms with Crippen LogP contribution in [-0.2, 0) is 14.2 Å². The van der Waals surface area contributed by atoms with Crippen LogP contribution in [-0.4, -0.2) is 49.8 Å². The van der Waals surface area contributed by atoms with E-state index in [1.807, 2.05) is 20.8 Å². The number of nitrogens with one attached hydrogen (secondary N) is 2. The highest BCUT2D eigenvalue weighted by atomic mass is 32.1. The molecule has 0 radical (unpaired) electrons. The number of carbonyl (C=O) groups excluding carboxylic acids is 1. The molecule has 0 spiro atoms. The van der Waals surface area contributed by atoms with Crippen molar-refractivity contribution in [2.24, 2.45) is 5.92 Å². The normalized spacial score (nSPS) is 20.4. The number of carbonyl (C=O) groups is 1. The molecular weight excluding hydrogens is 280 g/mol. The zero-order chi connectivity index (χ0) is 15.2. The van der Waals surface area contributed by atoms with E-state index < -0.39 is 11.7 Å². The van der Waals surface area contributed by atoms with Crippen LogP contribution >= 0.6 is 12.2 Å². The minimum atomic E-state index is -0.523. The van der Waals surface area contributed by atoms with Crippen LogP contribution in [0, 0.1) is 5.92 Å². The first-order valence-corrected chi connectivity index (χ1v) is 7.05. The maximum absolute atomic E-state index is 11.9. The van der Waals surface area contributed by atoms with Crippen LogP contribution in [0.15, 0.2) is 0 Å². The molecule has 2 atom stereocenters. The number of hydrogen-bond acceptors (Lipinski definition) is 5. The molecular formula is C13H24N2O4S. The van der Waals surface area contributed by atoms with Gasteiger partial charge < -0.3 is 24.8 Å². The summed E-state index contributed by atoms with van der Waals surface area (Å²) in [7, 11) is 1.56. The van der Waals surface area contributed by atoms with Crippen molar-refractivity contribution >= 4 is 23.3 Å². The average Bonchev–Trinajstić information content (AvgIpc) is 2.72. The number of hydrogen-bond donors (Lipinski definition) is 2. The van der Waals surface area contributed by atoms with Gasteiger partial charge in [0.1, 0.15) is 12.4 Å². The Balaban J connectivity index is 2.53. The van der Waals surface area contributed by atoms with Gasteiger partial charge in [-0.15, -0.1) is 0 Å². The molecule has 1 fully saturated rings. The van der Waals surface area contributed by atoms with Gasteiger partial charge in [-0.25, -0.2) is 4.79 Å². The summed E-state index contributed by atoms with van der Waals surface area (Å²) in [6.07, 6.45) is 0.299. The Hall–Kier alpha value is -0.920. The summed E-state index contributed by atoms with van der Waals surface area (Å²) in [5, 5.41) is 5.97. The van der Waals surface area contributed by atoms with Crippen LogP contribution in [0.1, 0.15) is 27.2 Å². The maximum Gasteiger partial charge on any atom is 0.407 e. The van der Waals surface area contributed by atoms with Gasteiger partial charge in [-0.2, -0.15) is 0 Å². The maximum atomic E-state index is 11.9. The lowest BCUT2D eigenvalue weighted by atomic mass is 10.00. The largest absolute Gasteiger partial charge is 0.444 e. The molecule has 1 aliphatic rings. The highest BCUT2D eigenvalue weighted by Gasteiger charge is 2.30. The molecule has 6 nitrogen and oxygen atoms in total. The highest BCUT2D eigenvalue weighted by Crippen LogP contribution is 2.16. The van der Waals surface area contributed by atoms with Crippen molar-refractivity contribution in [1.82, 2.24) is 10.6 Å². The van der Waals surface area contributed by atoms with Gasteiger partial charge in [-0.05, 0) is 20.8 Å². The van der Waals surface area contributed by atoms with Gasteiger partial charge in [0.25, 0.3) is 0 Å². The number of rotatable bonds is 6. The third kappa shape index (κ3) is 6.49. The van der Waals surface area contributed by atoms with E-state index in [1.54, 1.807) is 7.11 Å². The second-order valence-corrected chi connectivity index (χ2v) is 6.29. The quantitative estimate of drug-likeness (QED) is 0.440. The molecule has 7 heteroatoms. The van der Waals surface area contributed by atoms with Crippen LogP contribution < -0.4 is 10.6 Å². The number of alkyl carbamates (subject to hydrolysis) is 1. The van der Waals surface area contributed by atoms with Crippen LogP contribution in [0.3, 0.4) is 0 Å². The van der Waals surface area contributed by atoms with E-state index in [0.29, 0.717) is 6.61 Å². The summed E-state index contributed by atoms with van der Waals surface area (Å²) in [5.41, 5.74) is -0.523. The topological polar surface area (TPSA) is 68.8 Å². The first-order chi connectivity index (χ1) is 9.31. The van der Waals surface area contributed by atoms with Gasteiger partial charge in [0.15, 0.2) is 0 Å².